The molecule has 1 rings (SSSR count). The molecular formula is C12H20N2O. The summed E-state index contributed by atoms with van der Waals surface area (Å²) < 4.78 is 0. The zero-order valence-corrected chi connectivity index (χ0v) is 9.46. The van der Waals surface area contributed by atoms with Crippen LogP contribution in [0.25, 0.3) is 0 Å². The summed E-state index contributed by atoms with van der Waals surface area (Å²) in [6, 6.07) is 0. The molecule has 1 N–H and O–H groups in total. The van der Waals surface area contributed by atoms with Crippen molar-refractivity contribution in [3.05, 3.63) is 0 Å². The van der Waals surface area contributed by atoms with Gasteiger partial charge in [-0.3, -0.25) is 4.79 Å². The molecule has 0 aliphatic carbocycles. The molecule has 1 aliphatic heterocycles. The molecule has 0 aromatic carbocycles. The minimum Gasteiger partial charge on any atom is -0.335 e. The SMILES string of the molecule is C#CCN(C)C(=O)CCC1CCNCC1. The van der Waals surface area contributed by atoms with E-state index < -0.39 is 0 Å². The van der Waals surface area contributed by atoms with Gasteiger partial charge in [0.15, 0.2) is 0 Å². The summed E-state index contributed by atoms with van der Waals surface area (Å²) in [7, 11) is 1.77. The summed E-state index contributed by atoms with van der Waals surface area (Å²) in [5, 5.41) is 3.32. The predicted molar refractivity (Wildman–Crippen MR) is 61.3 cm³/mol. The Labute approximate surface area is 92.2 Å². The molecule has 0 atom stereocenters. The molecule has 84 valence electrons. The van der Waals surface area contributed by atoms with Gasteiger partial charge >= 0.3 is 0 Å². The molecule has 1 fully saturated rings. The largest absolute Gasteiger partial charge is 0.335 e. The summed E-state index contributed by atoms with van der Waals surface area (Å²) in [6.07, 6.45) is 9.21. The molecule has 0 aromatic rings. The highest BCUT2D eigenvalue weighted by Crippen LogP contribution is 2.17. The lowest BCUT2D eigenvalue weighted by atomic mass is 9.93. The number of carbonyl (C=O) groups excluding carboxylic acids is 1. The Morgan fingerprint density at radius 2 is 2.20 bits per heavy atom. The fourth-order valence-corrected chi connectivity index (χ4v) is 1.91. The van der Waals surface area contributed by atoms with E-state index in [1.54, 1.807) is 11.9 Å². The Hall–Kier alpha value is -1.01. The summed E-state index contributed by atoms with van der Waals surface area (Å²) in [6.45, 7) is 2.61. The smallest absolute Gasteiger partial charge is 0.223 e. The highest BCUT2D eigenvalue weighted by molar-refractivity contribution is 5.76. The first-order valence-corrected chi connectivity index (χ1v) is 5.62. The van der Waals surface area contributed by atoms with Crippen LogP contribution < -0.4 is 5.32 Å². The lowest BCUT2D eigenvalue weighted by Gasteiger charge is -2.23. The van der Waals surface area contributed by atoms with Crippen molar-refractivity contribution in [3.63, 3.8) is 0 Å². The molecule has 15 heavy (non-hydrogen) atoms. The van der Waals surface area contributed by atoms with Crippen molar-refractivity contribution in [1.29, 1.82) is 0 Å². The van der Waals surface area contributed by atoms with E-state index in [1.807, 2.05) is 0 Å². The molecule has 1 aliphatic rings. The fraction of sp³-hybridized carbons (Fsp3) is 0.750. The first kappa shape index (κ1) is 12.1. The summed E-state index contributed by atoms with van der Waals surface area (Å²) in [4.78, 5) is 13.2. The number of terminal acetylenes is 1. The van der Waals surface area contributed by atoms with Crippen LogP contribution in [0.15, 0.2) is 0 Å². The summed E-state index contributed by atoms with van der Waals surface area (Å²) in [5.41, 5.74) is 0. The van der Waals surface area contributed by atoms with Crippen LogP contribution in [-0.2, 0) is 4.79 Å². The second-order valence-electron chi connectivity index (χ2n) is 4.19. The predicted octanol–water partition coefficient (Wildman–Crippen LogP) is 0.858. The van der Waals surface area contributed by atoms with Crippen molar-refractivity contribution in [2.45, 2.75) is 25.7 Å². The molecule has 1 saturated heterocycles. The summed E-state index contributed by atoms with van der Waals surface area (Å²) >= 11 is 0. The molecule has 0 unspecified atom stereocenters. The van der Waals surface area contributed by atoms with E-state index in [2.05, 4.69) is 11.2 Å². The Morgan fingerprint density at radius 1 is 1.53 bits per heavy atom. The van der Waals surface area contributed by atoms with Crippen molar-refractivity contribution in [2.24, 2.45) is 5.92 Å². The van der Waals surface area contributed by atoms with Crippen LogP contribution in [0, 0.1) is 18.3 Å². The van der Waals surface area contributed by atoms with Crippen molar-refractivity contribution >= 4 is 5.91 Å². The lowest BCUT2D eigenvalue weighted by molar-refractivity contribution is -0.129. The number of hydrogen-bond donors (Lipinski definition) is 1. The maximum atomic E-state index is 11.6. The van der Waals surface area contributed by atoms with Gasteiger partial charge in [-0.25, -0.2) is 0 Å². The van der Waals surface area contributed by atoms with Crippen molar-refractivity contribution in [3.8, 4) is 12.3 Å². The summed E-state index contributed by atoms with van der Waals surface area (Å²) in [5.74, 6) is 3.37. The van der Waals surface area contributed by atoms with E-state index in [0.29, 0.717) is 13.0 Å². The van der Waals surface area contributed by atoms with Gasteiger partial charge < -0.3 is 10.2 Å². The number of hydrogen-bond acceptors (Lipinski definition) is 2. The van der Waals surface area contributed by atoms with E-state index in [-0.39, 0.29) is 5.91 Å². The fourth-order valence-electron chi connectivity index (χ4n) is 1.91. The second kappa shape index (κ2) is 6.47. The van der Waals surface area contributed by atoms with Gasteiger partial charge in [-0.2, -0.15) is 0 Å². The third-order valence-electron chi connectivity index (χ3n) is 2.98. The van der Waals surface area contributed by atoms with E-state index >= 15 is 0 Å². The molecule has 0 spiro atoms. The van der Waals surface area contributed by atoms with Gasteiger partial charge in [-0.15, -0.1) is 6.42 Å². The highest BCUT2D eigenvalue weighted by atomic mass is 16.2. The molecule has 0 bridgehead atoms. The number of rotatable bonds is 4. The first-order chi connectivity index (χ1) is 7.24. The third kappa shape index (κ3) is 4.35. The van der Waals surface area contributed by atoms with Gasteiger partial charge in [0.2, 0.25) is 5.91 Å². The number of carbonyl (C=O) groups is 1. The zero-order chi connectivity index (χ0) is 11.1. The van der Waals surface area contributed by atoms with E-state index in [9.17, 15) is 4.79 Å². The third-order valence-corrected chi connectivity index (χ3v) is 2.98. The van der Waals surface area contributed by atoms with Crippen LogP contribution >= 0.6 is 0 Å². The van der Waals surface area contributed by atoms with Crippen LogP contribution in [0.3, 0.4) is 0 Å². The van der Waals surface area contributed by atoms with Crippen LogP contribution in [0.5, 0.6) is 0 Å². The van der Waals surface area contributed by atoms with Gasteiger partial charge in [0.1, 0.15) is 0 Å². The maximum Gasteiger partial charge on any atom is 0.223 e. The maximum absolute atomic E-state index is 11.6. The van der Waals surface area contributed by atoms with Gasteiger partial charge in [-0.05, 0) is 38.3 Å². The zero-order valence-electron chi connectivity index (χ0n) is 9.46. The van der Waals surface area contributed by atoms with E-state index in [1.165, 1.54) is 12.8 Å². The molecule has 1 heterocycles. The van der Waals surface area contributed by atoms with Crippen LogP contribution in [0.2, 0.25) is 0 Å². The molecule has 1 amide bonds. The second-order valence-corrected chi connectivity index (χ2v) is 4.19. The molecular weight excluding hydrogens is 188 g/mol. The van der Waals surface area contributed by atoms with Crippen LogP contribution in [0.1, 0.15) is 25.7 Å². The van der Waals surface area contributed by atoms with Crippen molar-refractivity contribution < 1.29 is 4.79 Å². The van der Waals surface area contributed by atoms with Crippen molar-refractivity contribution in [2.75, 3.05) is 26.7 Å². The Kier molecular flexibility index (Phi) is 5.20. The van der Waals surface area contributed by atoms with Crippen LogP contribution in [0.4, 0.5) is 0 Å². The van der Waals surface area contributed by atoms with Gasteiger partial charge in [-0.1, -0.05) is 5.92 Å². The monoisotopic (exact) mass is 208 g/mol. The quantitative estimate of drug-likeness (QED) is 0.695. The Bertz CT molecular complexity index is 238. The average molecular weight is 208 g/mol. The Balaban J connectivity index is 2.18. The average Bonchev–Trinajstić information content (AvgIpc) is 2.27. The standard InChI is InChI=1S/C12H20N2O/c1-3-10-14(2)12(15)5-4-11-6-8-13-9-7-11/h1,11,13H,4-10H2,2H3. The molecule has 0 saturated carbocycles. The molecule has 3 heteroatoms. The van der Waals surface area contributed by atoms with E-state index in [4.69, 9.17) is 6.42 Å². The van der Waals surface area contributed by atoms with Crippen molar-refractivity contribution in [1.82, 2.24) is 10.2 Å². The number of nitrogens with zero attached hydrogens (tertiary/aromatic N) is 1. The Morgan fingerprint density at radius 3 is 2.80 bits per heavy atom. The lowest BCUT2D eigenvalue weighted by Crippen LogP contribution is -2.30. The van der Waals surface area contributed by atoms with Gasteiger partial charge in [0, 0.05) is 13.5 Å². The first-order valence-electron chi connectivity index (χ1n) is 5.62. The number of piperidine rings is 1. The number of nitrogens with one attached hydrogen (secondary N) is 1. The van der Waals surface area contributed by atoms with Crippen LogP contribution in [-0.4, -0.2) is 37.5 Å². The molecule has 3 nitrogen and oxygen atoms in total. The van der Waals surface area contributed by atoms with Gasteiger partial charge in [0.25, 0.3) is 0 Å². The molecule has 0 radical (unpaired) electrons. The normalized spacial score (nSPS) is 17.1. The van der Waals surface area contributed by atoms with E-state index in [0.717, 1.165) is 25.4 Å². The molecule has 0 aromatic heterocycles. The minimum atomic E-state index is 0.173. The van der Waals surface area contributed by atoms with Gasteiger partial charge in [0.05, 0.1) is 6.54 Å². The topological polar surface area (TPSA) is 32.3 Å². The number of amides is 1. The highest BCUT2D eigenvalue weighted by Gasteiger charge is 2.15. The minimum absolute atomic E-state index is 0.173.